The number of amides is 1. The van der Waals surface area contributed by atoms with Gasteiger partial charge >= 0.3 is 0 Å². The van der Waals surface area contributed by atoms with E-state index in [0.717, 1.165) is 50.4 Å². The van der Waals surface area contributed by atoms with Crippen LogP contribution >= 0.6 is 23.1 Å². The summed E-state index contributed by atoms with van der Waals surface area (Å²) in [7, 11) is 0. The number of fused-ring (bicyclic) bond motifs is 2. The Morgan fingerprint density at radius 3 is 2.97 bits per heavy atom. The second-order valence-corrected chi connectivity index (χ2v) is 9.35. The molecule has 0 atom stereocenters. The SMILES string of the molecule is CCCCNC(=O)CSc1nc2ccc(N=Cc3c(O)ccc4ccccc34)cc2s1. The lowest BCUT2D eigenvalue weighted by molar-refractivity contribution is -0.118. The third-order valence-corrected chi connectivity index (χ3v) is 6.98. The Bertz CT molecular complexity index is 1250. The number of nitrogens with one attached hydrogen (secondary N) is 1. The fraction of sp³-hybridized carbons (Fsp3) is 0.208. The van der Waals surface area contributed by atoms with Crippen LogP contribution in [0.5, 0.6) is 5.75 Å². The average Bonchev–Trinajstić information content (AvgIpc) is 3.19. The van der Waals surface area contributed by atoms with Crippen LogP contribution in [0.2, 0.25) is 0 Å². The van der Waals surface area contributed by atoms with E-state index in [0.29, 0.717) is 11.3 Å². The third-order valence-electron chi connectivity index (χ3n) is 4.82. The first-order valence-electron chi connectivity index (χ1n) is 10.2. The molecule has 2 N–H and O–H groups in total. The van der Waals surface area contributed by atoms with E-state index < -0.39 is 0 Å². The Morgan fingerprint density at radius 2 is 2.10 bits per heavy atom. The molecule has 1 aromatic heterocycles. The summed E-state index contributed by atoms with van der Waals surface area (Å²) in [5, 5.41) is 15.2. The second-order valence-electron chi connectivity index (χ2n) is 7.10. The van der Waals surface area contributed by atoms with Crippen molar-refractivity contribution >= 4 is 61.9 Å². The molecule has 0 saturated carbocycles. The molecular formula is C24H23N3O2S2. The average molecular weight is 450 g/mol. The van der Waals surface area contributed by atoms with Gasteiger partial charge in [-0.3, -0.25) is 9.79 Å². The summed E-state index contributed by atoms with van der Waals surface area (Å²) in [4.78, 5) is 21.1. The molecule has 0 unspecified atom stereocenters. The van der Waals surface area contributed by atoms with E-state index in [1.165, 1.54) is 11.8 Å². The highest BCUT2D eigenvalue weighted by atomic mass is 32.2. The number of hydrogen-bond donors (Lipinski definition) is 2. The summed E-state index contributed by atoms with van der Waals surface area (Å²) in [6, 6.07) is 17.3. The lowest BCUT2D eigenvalue weighted by atomic mass is 10.0. The number of carbonyl (C=O) groups excluding carboxylic acids is 1. The van der Waals surface area contributed by atoms with Crippen molar-refractivity contribution in [1.29, 1.82) is 0 Å². The first-order valence-corrected chi connectivity index (χ1v) is 12.0. The number of thioether (sulfide) groups is 1. The summed E-state index contributed by atoms with van der Waals surface area (Å²) in [6.07, 6.45) is 3.77. The van der Waals surface area contributed by atoms with Crippen LogP contribution in [-0.2, 0) is 4.79 Å². The molecule has 0 radical (unpaired) electrons. The number of aliphatic imine (C=N–C) groups is 1. The van der Waals surface area contributed by atoms with E-state index >= 15 is 0 Å². The van der Waals surface area contributed by atoms with Crippen LogP contribution < -0.4 is 5.32 Å². The molecule has 4 rings (SSSR count). The maximum atomic E-state index is 11.9. The Morgan fingerprint density at radius 1 is 1.23 bits per heavy atom. The molecule has 31 heavy (non-hydrogen) atoms. The van der Waals surface area contributed by atoms with E-state index in [-0.39, 0.29) is 11.7 Å². The van der Waals surface area contributed by atoms with Crippen LogP contribution in [0, 0.1) is 0 Å². The number of unbranched alkanes of at least 4 members (excludes halogenated alkanes) is 1. The molecule has 0 bridgehead atoms. The molecule has 0 aliphatic carbocycles. The molecule has 5 nitrogen and oxygen atoms in total. The maximum Gasteiger partial charge on any atom is 0.230 e. The summed E-state index contributed by atoms with van der Waals surface area (Å²) < 4.78 is 1.89. The highest BCUT2D eigenvalue weighted by Gasteiger charge is 2.09. The van der Waals surface area contributed by atoms with Gasteiger partial charge in [0, 0.05) is 18.3 Å². The van der Waals surface area contributed by atoms with Crippen molar-refractivity contribution in [2.24, 2.45) is 4.99 Å². The number of nitrogens with zero attached hydrogens (tertiary/aromatic N) is 2. The number of benzene rings is 3. The van der Waals surface area contributed by atoms with Gasteiger partial charge in [0.05, 0.1) is 21.7 Å². The van der Waals surface area contributed by atoms with Gasteiger partial charge in [0.15, 0.2) is 4.34 Å². The van der Waals surface area contributed by atoms with Crippen LogP contribution in [0.15, 0.2) is 63.9 Å². The zero-order valence-corrected chi connectivity index (χ0v) is 18.8. The number of phenols is 1. The maximum absolute atomic E-state index is 11.9. The largest absolute Gasteiger partial charge is 0.507 e. The topological polar surface area (TPSA) is 74.6 Å². The lowest BCUT2D eigenvalue weighted by Gasteiger charge is -2.04. The zero-order valence-electron chi connectivity index (χ0n) is 17.2. The van der Waals surface area contributed by atoms with Gasteiger partial charge in [-0.05, 0) is 41.5 Å². The Balaban J connectivity index is 1.49. The van der Waals surface area contributed by atoms with Gasteiger partial charge in [-0.1, -0.05) is 55.4 Å². The van der Waals surface area contributed by atoms with Crippen molar-refractivity contribution in [1.82, 2.24) is 10.3 Å². The summed E-state index contributed by atoms with van der Waals surface area (Å²) >= 11 is 3.01. The Hall–Kier alpha value is -2.90. The van der Waals surface area contributed by atoms with Crippen LogP contribution in [0.1, 0.15) is 25.3 Å². The minimum Gasteiger partial charge on any atom is -0.507 e. The van der Waals surface area contributed by atoms with Gasteiger partial charge in [-0.25, -0.2) is 4.98 Å². The normalized spacial score (nSPS) is 11.5. The first kappa shape index (κ1) is 21.3. The van der Waals surface area contributed by atoms with Crippen molar-refractivity contribution in [3.63, 3.8) is 0 Å². The summed E-state index contributed by atoms with van der Waals surface area (Å²) in [5.41, 5.74) is 2.39. The van der Waals surface area contributed by atoms with E-state index in [1.54, 1.807) is 23.6 Å². The minimum atomic E-state index is 0.0397. The Kier molecular flexibility index (Phi) is 6.84. The number of rotatable bonds is 8. The smallest absolute Gasteiger partial charge is 0.230 e. The molecule has 0 saturated heterocycles. The number of aromatic hydroxyl groups is 1. The quantitative estimate of drug-likeness (QED) is 0.199. The van der Waals surface area contributed by atoms with Crippen molar-refractivity contribution in [2.75, 3.05) is 12.3 Å². The van der Waals surface area contributed by atoms with Gasteiger partial charge in [-0.2, -0.15) is 0 Å². The van der Waals surface area contributed by atoms with Crippen molar-refractivity contribution in [3.8, 4) is 5.75 Å². The van der Waals surface area contributed by atoms with Crippen LogP contribution in [0.3, 0.4) is 0 Å². The van der Waals surface area contributed by atoms with E-state index in [1.807, 2.05) is 48.5 Å². The molecule has 0 aliphatic rings. The van der Waals surface area contributed by atoms with E-state index in [2.05, 4.69) is 22.2 Å². The monoisotopic (exact) mass is 449 g/mol. The van der Waals surface area contributed by atoms with Gasteiger partial charge < -0.3 is 10.4 Å². The summed E-state index contributed by atoms with van der Waals surface area (Å²) in [6.45, 7) is 2.83. The highest BCUT2D eigenvalue weighted by Crippen LogP contribution is 2.32. The van der Waals surface area contributed by atoms with Crippen LogP contribution in [-0.4, -0.2) is 34.5 Å². The predicted octanol–water partition coefficient (Wildman–Crippen LogP) is 5.91. The molecule has 0 spiro atoms. The van der Waals surface area contributed by atoms with Gasteiger partial charge in [0.1, 0.15) is 5.75 Å². The molecule has 1 amide bonds. The fourth-order valence-corrected chi connectivity index (χ4v) is 5.11. The minimum absolute atomic E-state index is 0.0397. The van der Waals surface area contributed by atoms with Gasteiger partial charge in [-0.15, -0.1) is 11.3 Å². The lowest BCUT2D eigenvalue weighted by Crippen LogP contribution is -2.25. The fourth-order valence-electron chi connectivity index (χ4n) is 3.18. The second kappa shape index (κ2) is 9.94. The first-order chi connectivity index (χ1) is 15.1. The summed E-state index contributed by atoms with van der Waals surface area (Å²) in [5.74, 6) is 0.615. The molecule has 0 fully saturated rings. The molecular weight excluding hydrogens is 426 g/mol. The van der Waals surface area contributed by atoms with Crippen molar-refractivity contribution in [2.45, 2.75) is 24.1 Å². The molecule has 7 heteroatoms. The van der Waals surface area contributed by atoms with Gasteiger partial charge in [0.2, 0.25) is 5.91 Å². The van der Waals surface area contributed by atoms with E-state index in [4.69, 9.17) is 0 Å². The highest BCUT2D eigenvalue weighted by molar-refractivity contribution is 8.01. The van der Waals surface area contributed by atoms with E-state index in [9.17, 15) is 9.90 Å². The molecule has 3 aromatic carbocycles. The van der Waals surface area contributed by atoms with Crippen LogP contribution in [0.25, 0.3) is 21.0 Å². The van der Waals surface area contributed by atoms with Gasteiger partial charge in [0.25, 0.3) is 0 Å². The number of phenolic OH excluding ortho intramolecular Hbond substituents is 1. The van der Waals surface area contributed by atoms with Crippen molar-refractivity contribution in [3.05, 3.63) is 60.2 Å². The number of hydrogen-bond acceptors (Lipinski definition) is 6. The molecule has 1 heterocycles. The Labute approximate surface area is 189 Å². The predicted molar refractivity (Wildman–Crippen MR) is 131 cm³/mol. The molecule has 4 aromatic rings. The third kappa shape index (κ3) is 5.24. The number of carbonyl (C=O) groups is 1. The standard InChI is InChI=1S/C24H23N3O2S2/c1-2-3-12-25-23(29)15-30-24-27-20-10-9-17(13-22(20)31-24)26-14-19-18-7-5-4-6-16(18)8-11-21(19)28/h4-11,13-14,28H,2-3,12,15H2,1H3,(H,25,29). The van der Waals surface area contributed by atoms with Crippen molar-refractivity contribution < 1.29 is 9.90 Å². The number of aromatic nitrogens is 1. The molecule has 0 aliphatic heterocycles. The zero-order chi connectivity index (χ0) is 21.6. The molecule has 158 valence electrons. The van der Waals surface area contributed by atoms with Crippen LogP contribution in [0.4, 0.5) is 5.69 Å². The number of thiazole rings is 1.